The van der Waals surface area contributed by atoms with E-state index in [1.807, 2.05) is 48.5 Å². The van der Waals surface area contributed by atoms with Crippen LogP contribution in [0.4, 0.5) is 17.5 Å². The molecule has 3 aromatic rings. The number of rotatable bonds is 5. The summed E-state index contributed by atoms with van der Waals surface area (Å²) < 4.78 is 0. The standard InChI is InChI=1S/C19H20N4O/c1-12(24)13-5-4-6-15(11-13)21-19-22-17-8-3-2-7-16(17)18(23-19)20-14-9-10-14/h2-8,11-12,14,24H,9-10H2,1H3,(H2,20,21,22,23)/t12-/m1/s1. The number of aliphatic hydroxyl groups excluding tert-OH is 1. The summed E-state index contributed by atoms with van der Waals surface area (Å²) in [5.74, 6) is 1.43. The van der Waals surface area contributed by atoms with Gasteiger partial charge in [0, 0.05) is 17.1 Å². The van der Waals surface area contributed by atoms with E-state index in [1.54, 1.807) is 6.92 Å². The maximum Gasteiger partial charge on any atom is 0.229 e. The molecule has 3 N–H and O–H groups in total. The molecule has 24 heavy (non-hydrogen) atoms. The number of fused-ring (bicyclic) bond motifs is 1. The minimum absolute atomic E-state index is 0.503. The van der Waals surface area contributed by atoms with Gasteiger partial charge in [-0.3, -0.25) is 0 Å². The number of hydrogen-bond donors (Lipinski definition) is 3. The summed E-state index contributed by atoms with van der Waals surface area (Å²) in [6.07, 6.45) is 1.88. The van der Waals surface area contributed by atoms with Crippen LogP contribution in [0.15, 0.2) is 48.5 Å². The number of aliphatic hydroxyl groups is 1. The van der Waals surface area contributed by atoms with Crippen LogP contribution in [0.2, 0.25) is 0 Å². The molecule has 0 spiro atoms. The van der Waals surface area contributed by atoms with Crippen molar-refractivity contribution in [1.29, 1.82) is 0 Å². The van der Waals surface area contributed by atoms with Crippen molar-refractivity contribution < 1.29 is 5.11 Å². The van der Waals surface area contributed by atoms with Gasteiger partial charge in [0.2, 0.25) is 5.95 Å². The van der Waals surface area contributed by atoms with Crippen molar-refractivity contribution in [2.45, 2.75) is 31.9 Å². The van der Waals surface area contributed by atoms with E-state index in [-0.39, 0.29) is 0 Å². The van der Waals surface area contributed by atoms with E-state index in [2.05, 4.69) is 20.6 Å². The molecule has 1 aliphatic rings. The molecule has 1 fully saturated rings. The summed E-state index contributed by atoms with van der Waals surface area (Å²) in [5, 5.41) is 17.5. The largest absolute Gasteiger partial charge is 0.389 e. The van der Waals surface area contributed by atoms with Gasteiger partial charge in [-0.1, -0.05) is 24.3 Å². The average Bonchev–Trinajstić information content (AvgIpc) is 3.39. The van der Waals surface area contributed by atoms with Crippen LogP contribution in [0.25, 0.3) is 10.9 Å². The third kappa shape index (κ3) is 3.16. The molecule has 5 heteroatoms. The molecule has 0 unspecified atom stereocenters. The molecule has 5 nitrogen and oxygen atoms in total. The number of anilines is 3. The van der Waals surface area contributed by atoms with Crippen LogP contribution < -0.4 is 10.6 Å². The van der Waals surface area contributed by atoms with Gasteiger partial charge in [0.15, 0.2) is 0 Å². The highest BCUT2D eigenvalue weighted by atomic mass is 16.3. The number of hydrogen-bond acceptors (Lipinski definition) is 5. The highest BCUT2D eigenvalue weighted by molar-refractivity contribution is 5.90. The summed E-state index contributed by atoms with van der Waals surface area (Å²) in [7, 11) is 0. The van der Waals surface area contributed by atoms with Crippen molar-refractivity contribution in [1.82, 2.24) is 9.97 Å². The Kier molecular flexibility index (Phi) is 3.78. The van der Waals surface area contributed by atoms with Crippen LogP contribution >= 0.6 is 0 Å². The first-order valence-electron chi connectivity index (χ1n) is 8.27. The summed E-state index contributed by atoms with van der Waals surface area (Å²) in [6, 6.07) is 16.2. The smallest absolute Gasteiger partial charge is 0.229 e. The Labute approximate surface area is 140 Å². The first kappa shape index (κ1) is 14.9. The van der Waals surface area contributed by atoms with E-state index in [9.17, 15) is 5.11 Å². The summed E-state index contributed by atoms with van der Waals surface area (Å²) >= 11 is 0. The zero-order valence-corrected chi connectivity index (χ0v) is 13.5. The lowest BCUT2D eigenvalue weighted by Crippen LogP contribution is -2.07. The van der Waals surface area contributed by atoms with E-state index in [0.29, 0.717) is 12.0 Å². The van der Waals surface area contributed by atoms with Crippen LogP contribution in [-0.2, 0) is 0 Å². The van der Waals surface area contributed by atoms with Gasteiger partial charge >= 0.3 is 0 Å². The molecule has 0 radical (unpaired) electrons. The van der Waals surface area contributed by atoms with E-state index in [1.165, 1.54) is 12.8 Å². The monoisotopic (exact) mass is 320 g/mol. The molecule has 0 aliphatic heterocycles. The molecule has 4 rings (SSSR count). The van der Waals surface area contributed by atoms with Crippen molar-refractivity contribution in [2.75, 3.05) is 10.6 Å². The minimum Gasteiger partial charge on any atom is -0.389 e. The fraction of sp³-hybridized carbons (Fsp3) is 0.263. The highest BCUT2D eigenvalue weighted by Gasteiger charge is 2.22. The maximum atomic E-state index is 9.74. The van der Waals surface area contributed by atoms with Gasteiger partial charge in [0.25, 0.3) is 0 Å². The third-order valence-electron chi connectivity index (χ3n) is 4.15. The lowest BCUT2D eigenvalue weighted by Gasteiger charge is -2.12. The quantitative estimate of drug-likeness (QED) is 0.663. The predicted octanol–water partition coefficient (Wildman–Crippen LogP) is 4.00. The van der Waals surface area contributed by atoms with Crippen molar-refractivity contribution in [2.24, 2.45) is 0 Å². The minimum atomic E-state index is -0.503. The Morgan fingerprint density at radius 3 is 2.71 bits per heavy atom. The SMILES string of the molecule is C[C@@H](O)c1cccc(Nc2nc(NC3CC3)c3ccccc3n2)c1. The molecule has 2 aromatic carbocycles. The Balaban J connectivity index is 1.69. The second kappa shape index (κ2) is 6.09. The van der Waals surface area contributed by atoms with Crippen LogP contribution in [0.3, 0.4) is 0 Å². The molecule has 0 saturated heterocycles. The lowest BCUT2D eigenvalue weighted by atomic mass is 10.1. The molecule has 0 bridgehead atoms. The van der Waals surface area contributed by atoms with Crippen molar-refractivity contribution >= 4 is 28.4 Å². The van der Waals surface area contributed by atoms with E-state index in [0.717, 1.165) is 28.0 Å². The molecular formula is C19H20N4O. The van der Waals surface area contributed by atoms with Gasteiger partial charge in [-0.15, -0.1) is 0 Å². The second-order valence-electron chi connectivity index (χ2n) is 6.26. The zero-order chi connectivity index (χ0) is 16.5. The van der Waals surface area contributed by atoms with E-state index >= 15 is 0 Å². The van der Waals surface area contributed by atoms with Gasteiger partial charge in [-0.25, -0.2) is 4.98 Å². The van der Waals surface area contributed by atoms with Gasteiger partial charge < -0.3 is 15.7 Å². The first-order valence-corrected chi connectivity index (χ1v) is 8.27. The fourth-order valence-corrected chi connectivity index (χ4v) is 2.67. The summed E-state index contributed by atoms with van der Waals surface area (Å²) in [6.45, 7) is 1.75. The zero-order valence-electron chi connectivity index (χ0n) is 13.5. The molecule has 1 saturated carbocycles. The van der Waals surface area contributed by atoms with E-state index in [4.69, 9.17) is 0 Å². The third-order valence-corrected chi connectivity index (χ3v) is 4.15. The Morgan fingerprint density at radius 2 is 1.92 bits per heavy atom. The van der Waals surface area contributed by atoms with Crippen LogP contribution in [0.1, 0.15) is 31.4 Å². The average molecular weight is 320 g/mol. The Hall–Kier alpha value is -2.66. The first-order chi connectivity index (χ1) is 11.7. The summed E-state index contributed by atoms with van der Waals surface area (Å²) in [5.41, 5.74) is 2.63. The lowest BCUT2D eigenvalue weighted by molar-refractivity contribution is 0.199. The molecule has 1 aromatic heterocycles. The number of nitrogens with zero attached hydrogens (tertiary/aromatic N) is 2. The van der Waals surface area contributed by atoms with Crippen molar-refractivity contribution in [3.05, 3.63) is 54.1 Å². The van der Waals surface area contributed by atoms with E-state index < -0.39 is 6.10 Å². The van der Waals surface area contributed by atoms with Gasteiger partial charge in [0.1, 0.15) is 5.82 Å². The number of benzene rings is 2. The molecule has 122 valence electrons. The van der Waals surface area contributed by atoms with Crippen molar-refractivity contribution in [3.63, 3.8) is 0 Å². The van der Waals surface area contributed by atoms with Gasteiger partial charge in [-0.05, 0) is 49.6 Å². The topological polar surface area (TPSA) is 70.1 Å². The van der Waals surface area contributed by atoms with Crippen molar-refractivity contribution in [3.8, 4) is 0 Å². The second-order valence-corrected chi connectivity index (χ2v) is 6.26. The Bertz CT molecular complexity index is 874. The molecule has 1 aliphatic carbocycles. The van der Waals surface area contributed by atoms with Crippen LogP contribution in [0.5, 0.6) is 0 Å². The number of para-hydroxylation sites is 1. The number of aromatic nitrogens is 2. The van der Waals surface area contributed by atoms with Gasteiger partial charge in [-0.2, -0.15) is 4.98 Å². The Morgan fingerprint density at radius 1 is 1.08 bits per heavy atom. The van der Waals surface area contributed by atoms with Gasteiger partial charge in [0.05, 0.1) is 11.6 Å². The normalized spacial score (nSPS) is 15.2. The summed E-state index contributed by atoms with van der Waals surface area (Å²) in [4.78, 5) is 9.26. The molecular weight excluding hydrogens is 300 g/mol. The fourth-order valence-electron chi connectivity index (χ4n) is 2.67. The van der Waals surface area contributed by atoms with Crippen LogP contribution in [-0.4, -0.2) is 21.1 Å². The number of nitrogens with one attached hydrogen (secondary N) is 2. The molecule has 0 amide bonds. The maximum absolute atomic E-state index is 9.74. The highest BCUT2D eigenvalue weighted by Crippen LogP contribution is 2.29. The molecule has 1 heterocycles. The van der Waals surface area contributed by atoms with Crippen LogP contribution in [0, 0.1) is 0 Å². The molecule has 1 atom stereocenters. The predicted molar refractivity (Wildman–Crippen MR) is 96.5 cm³/mol.